The van der Waals surface area contributed by atoms with Crippen molar-refractivity contribution in [2.45, 2.75) is 33.7 Å². The molecule has 0 saturated carbocycles. The zero-order chi connectivity index (χ0) is 16.3. The van der Waals surface area contributed by atoms with E-state index in [0.717, 1.165) is 6.42 Å². The Kier molecular flexibility index (Phi) is 5.42. The van der Waals surface area contributed by atoms with Crippen LogP contribution in [0.3, 0.4) is 0 Å². The Morgan fingerprint density at radius 3 is 2.73 bits per heavy atom. The summed E-state index contributed by atoms with van der Waals surface area (Å²) in [6.07, 6.45) is 0.748. The number of hydrogen-bond donors (Lipinski definition) is 1. The Balaban J connectivity index is 2.44. The normalized spacial score (nSPS) is 11.0. The fourth-order valence-electron chi connectivity index (χ4n) is 2.00. The maximum absolute atomic E-state index is 11.2. The molecular formula is C15H18Cl2N4O. The topological polar surface area (TPSA) is 59.8 Å². The monoisotopic (exact) mass is 340 g/mol. The second-order valence-electron chi connectivity index (χ2n) is 5.46. The van der Waals surface area contributed by atoms with E-state index in [0.29, 0.717) is 33.3 Å². The fourth-order valence-corrected chi connectivity index (χ4v) is 2.37. The van der Waals surface area contributed by atoms with Gasteiger partial charge in [0.1, 0.15) is 0 Å². The van der Waals surface area contributed by atoms with Gasteiger partial charge in [-0.3, -0.25) is 4.79 Å². The molecule has 0 aliphatic rings. The van der Waals surface area contributed by atoms with Gasteiger partial charge in [0.15, 0.2) is 11.6 Å². The predicted octanol–water partition coefficient (Wildman–Crippen LogP) is 3.41. The first-order valence-corrected chi connectivity index (χ1v) is 7.77. The van der Waals surface area contributed by atoms with Crippen molar-refractivity contribution in [2.75, 3.05) is 0 Å². The average Bonchev–Trinajstić information content (AvgIpc) is 2.81. The van der Waals surface area contributed by atoms with Crippen molar-refractivity contribution < 1.29 is 4.79 Å². The number of benzene rings is 1. The summed E-state index contributed by atoms with van der Waals surface area (Å²) in [5.41, 5.74) is 0.650. The van der Waals surface area contributed by atoms with Crippen LogP contribution in [0.2, 0.25) is 10.0 Å². The zero-order valence-electron chi connectivity index (χ0n) is 12.7. The van der Waals surface area contributed by atoms with Crippen molar-refractivity contribution in [3.8, 4) is 5.69 Å². The Bertz CT molecular complexity index is 682. The van der Waals surface area contributed by atoms with Crippen molar-refractivity contribution in [3.05, 3.63) is 39.9 Å². The Morgan fingerprint density at radius 2 is 2.09 bits per heavy atom. The van der Waals surface area contributed by atoms with Crippen LogP contribution in [0.5, 0.6) is 0 Å². The van der Waals surface area contributed by atoms with Gasteiger partial charge in [-0.25, -0.2) is 9.67 Å². The van der Waals surface area contributed by atoms with Gasteiger partial charge in [0.2, 0.25) is 5.91 Å². The van der Waals surface area contributed by atoms with E-state index in [1.54, 1.807) is 22.9 Å². The molecule has 0 spiro atoms. The van der Waals surface area contributed by atoms with E-state index in [1.807, 2.05) is 0 Å². The lowest BCUT2D eigenvalue weighted by atomic mass is 10.1. The van der Waals surface area contributed by atoms with Crippen molar-refractivity contribution >= 4 is 29.1 Å². The molecule has 5 nitrogen and oxygen atoms in total. The Morgan fingerprint density at radius 1 is 1.36 bits per heavy atom. The third-order valence-corrected chi connectivity index (χ3v) is 3.50. The highest BCUT2D eigenvalue weighted by atomic mass is 35.5. The molecule has 0 radical (unpaired) electrons. The molecule has 0 aliphatic heterocycles. The maximum Gasteiger partial charge on any atom is 0.217 e. The molecule has 2 aromatic rings. The van der Waals surface area contributed by atoms with Gasteiger partial charge in [0.25, 0.3) is 0 Å². The van der Waals surface area contributed by atoms with Gasteiger partial charge in [-0.2, -0.15) is 5.10 Å². The average molecular weight is 341 g/mol. The Labute approximate surface area is 139 Å². The summed E-state index contributed by atoms with van der Waals surface area (Å²) < 4.78 is 1.64. The minimum absolute atomic E-state index is 0.128. The lowest BCUT2D eigenvalue weighted by Crippen LogP contribution is -2.21. The SMILES string of the molecule is CC(=O)NCc1nc(CC(C)C)nn1-c1cc(Cl)ccc1Cl. The summed E-state index contributed by atoms with van der Waals surface area (Å²) in [6, 6.07) is 5.16. The number of carbonyl (C=O) groups is 1. The molecule has 1 amide bonds. The van der Waals surface area contributed by atoms with Gasteiger partial charge < -0.3 is 5.32 Å². The zero-order valence-corrected chi connectivity index (χ0v) is 14.2. The first kappa shape index (κ1) is 16.8. The summed E-state index contributed by atoms with van der Waals surface area (Å²) in [5, 5.41) is 8.33. The number of halogens is 2. The number of hydrogen-bond acceptors (Lipinski definition) is 3. The molecule has 0 aliphatic carbocycles. The molecule has 0 atom stereocenters. The van der Waals surface area contributed by atoms with E-state index in [-0.39, 0.29) is 12.5 Å². The van der Waals surface area contributed by atoms with E-state index >= 15 is 0 Å². The molecule has 7 heteroatoms. The second kappa shape index (κ2) is 7.11. The summed E-state index contributed by atoms with van der Waals surface area (Å²) in [4.78, 5) is 15.7. The molecule has 0 saturated heterocycles. The molecule has 1 aromatic carbocycles. The van der Waals surface area contributed by atoms with Gasteiger partial charge in [0.05, 0.1) is 17.3 Å². The van der Waals surface area contributed by atoms with E-state index < -0.39 is 0 Å². The van der Waals surface area contributed by atoms with Gasteiger partial charge in [-0.05, 0) is 24.1 Å². The number of carbonyl (C=O) groups excluding carboxylic acids is 1. The first-order valence-electron chi connectivity index (χ1n) is 7.01. The standard InChI is InChI=1S/C15H18Cl2N4O/c1-9(2)6-14-19-15(8-18-10(3)22)21(20-14)13-7-11(16)4-5-12(13)17/h4-5,7,9H,6,8H2,1-3H3,(H,18,22). The van der Waals surface area contributed by atoms with Gasteiger partial charge in [0, 0.05) is 18.4 Å². The van der Waals surface area contributed by atoms with Crippen LogP contribution in [0.25, 0.3) is 5.69 Å². The van der Waals surface area contributed by atoms with Crippen LogP contribution in [-0.2, 0) is 17.8 Å². The molecule has 0 bridgehead atoms. The van der Waals surface area contributed by atoms with Crippen molar-refractivity contribution in [3.63, 3.8) is 0 Å². The summed E-state index contributed by atoms with van der Waals surface area (Å²) in [5.74, 6) is 1.64. The molecule has 22 heavy (non-hydrogen) atoms. The van der Waals surface area contributed by atoms with E-state index in [2.05, 4.69) is 29.2 Å². The van der Waals surface area contributed by atoms with Crippen molar-refractivity contribution in [1.82, 2.24) is 20.1 Å². The molecule has 1 aromatic heterocycles. The molecule has 118 valence electrons. The van der Waals surface area contributed by atoms with Crippen LogP contribution < -0.4 is 5.32 Å². The van der Waals surface area contributed by atoms with E-state index in [9.17, 15) is 4.79 Å². The highest BCUT2D eigenvalue weighted by Crippen LogP contribution is 2.25. The summed E-state index contributed by atoms with van der Waals surface area (Å²) >= 11 is 12.3. The Hall–Kier alpha value is -1.59. The van der Waals surface area contributed by atoms with Crippen LogP contribution in [-0.4, -0.2) is 20.7 Å². The van der Waals surface area contributed by atoms with Crippen LogP contribution in [0.15, 0.2) is 18.2 Å². The highest BCUT2D eigenvalue weighted by Gasteiger charge is 2.15. The number of nitrogens with zero attached hydrogens (tertiary/aromatic N) is 3. The van der Waals surface area contributed by atoms with Crippen LogP contribution in [0.1, 0.15) is 32.4 Å². The predicted molar refractivity (Wildman–Crippen MR) is 87.4 cm³/mol. The van der Waals surface area contributed by atoms with Gasteiger partial charge in [-0.15, -0.1) is 0 Å². The van der Waals surface area contributed by atoms with Crippen LogP contribution in [0, 0.1) is 5.92 Å². The third-order valence-electron chi connectivity index (χ3n) is 2.94. The van der Waals surface area contributed by atoms with Crippen LogP contribution >= 0.6 is 23.2 Å². The quantitative estimate of drug-likeness (QED) is 0.907. The van der Waals surface area contributed by atoms with Crippen molar-refractivity contribution in [2.24, 2.45) is 5.92 Å². The minimum Gasteiger partial charge on any atom is -0.349 e. The van der Waals surface area contributed by atoms with Gasteiger partial charge >= 0.3 is 0 Å². The van der Waals surface area contributed by atoms with Crippen LogP contribution in [0.4, 0.5) is 0 Å². The number of nitrogens with one attached hydrogen (secondary N) is 1. The molecule has 1 heterocycles. The third kappa shape index (κ3) is 4.21. The number of rotatable bonds is 5. The lowest BCUT2D eigenvalue weighted by Gasteiger charge is -2.08. The maximum atomic E-state index is 11.2. The van der Waals surface area contributed by atoms with Crippen molar-refractivity contribution in [1.29, 1.82) is 0 Å². The van der Waals surface area contributed by atoms with E-state index in [4.69, 9.17) is 23.2 Å². The molecule has 0 unspecified atom stereocenters. The molecule has 1 N–H and O–H groups in total. The second-order valence-corrected chi connectivity index (χ2v) is 6.30. The first-order chi connectivity index (χ1) is 10.4. The lowest BCUT2D eigenvalue weighted by molar-refractivity contribution is -0.119. The highest BCUT2D eigenvalue weighted by molar-refractivity contribution is 6.34. The number of amides is 1. The molecule has 0 fully saturated rings. The van der Waals surface area contributed by atoms with Gasteiger partial charge in [-0.1, -0.05) is 37.0 Å². The fraction of sp³-hybridized carbons (Fsp3) is 0.400. The summed E-state index contributed by atoms with van der Waals surface area (Å²) in [6.45, 7) is 5.94. The largest absolute Gasteiger partial charge is 0.349 e. The van der Waals surface area contributed by atoms with E-state index in [1.165, 1.54) is 6.92 Å². The summed E-state index contributed by atoms with van der Waals surface area (Å²) in [7, 11) is 0. The minimum atomic E-state index is -0.128. The smallest absolute Gasteiger partial charge is 0.217 e. The molecular weight excluding hydrogens is 323 g/mol. The molecule has 2 rings (SSSR count). The number of aromatic nitrogens is 3.